The normalized spacial score (nSPS) is 22.0. The largest absolute Gasteiger partial charge is 0.379 e. The first-order chi connectivity index (χ1) is 10.1. The number of rotatable bonds is 3. The predicted molar refractivity (Wildman–Crippen MR) is 74.1 cm³/mol. The molecule has 0 atom stereocenters. The van der Waals surface area contributed by atoms with E-state index in [0.29, 0.717) is 26.2 Å². The van der Waals surface area contributed by atoms with Gasteiger partial charge in [0.05, 0.1) is 19.8 Å². The third-order valence-electron chi connectivity index (χ3n) is 3.85. The first kappa shape index (κ1) is 15.5. The SMILES string of the molecule is CCC1(CC#CCN2CCOCC2)C(=O)NC(=O)NC1=O. The van der Waals surface area contributed by atoms with Crippen molar-refractivity contribution in [3.8, 4) is 11.8 Å². The first-order valence-corrected chi connectivity index (χ1v) is 7.01. The van der Waals surface area contributed by atoms with Gasteiger partial charge < -0.3 is 4.74 Å². The van der Waals surface area contributed by atoms with Gasteiger partial charge in [-0.1, -0.05) is 12.8 Å². The molecule has 4 amide bonds. The Labute approximate surface area is 123 Å². The quantitative estimate of drug-likeness (QED) is 0.540. The summed E-state index contributed by atoms with van der Waals surface area (Å²) in [6.45, 7) is 5.40. The van der Waals surface area contributed by atoms with Gasteiger partial charge in [0.25, 0.3) is 0 Å². The summed E-state index contributed by atoms with van der Waals surface area (Å²) in [6.07, 6.45) is 0.406. The second kappa shape index (κ2) is 6.70. The number of urea groups is 1. The van der Waals surface area contributed by atoms with Crippen molar-refractivity contribution in [3.63, 3.8) is 0 Å². The van der Waals surface area contributed by atoms with Crippen LogP contribution >= 0.6 is 0 Å². The highest BCUT2D eigenvalue weighted by atomic mass is 16.5. The molecule has 2 aliphatic rings. The molecule has 2 fully saturated rings. The lowest BCUT2D eigenvalue weighted by atomic mass is 9.79. The van der Waals surface area contributed by atoms with E-state index in [1.807, 2.05) is 0 Å². The van der Waals surface area contributed by atoms with E-state index in [0.717, 1.165) is 13.1 Å². The highest BCUT2D eigenvalue weighted by Gasteiger charge is 2.48. The molecule has 2 saturated heterocycles. The maximum absolute atomic E-state index is 12.0. The maximum Gasteiger partial charge on any atom is 0.328 e. The molecule has 2 heterocycles. The van der Waals surface area contributed by atoms with E-state index in [1.165, 1.54) is 0 Å². The Kier molecular flexibility index (Phi) is 4.94. The van der Waals surface area contributed by atoms with Crippen LogP contribution in [0.3, 0.4) is 0 Å². The number of hydrogen-bond donors (Lipinski definition) is 2. The first-order valence-electron chi connectivity index (χ1n) is 7.01. The van der Waals surface area contributed by atoms with Crippen molar-refractivity contribution in [2.75, 3.05) is 32.8 Å². The average molecular weight is 293 g/mol. The fourth-order valence-corrected chi connectivity index (χ4v) is 2.33. The molecular formula is C14H19N3O4. The van der Waals surface area contributed by atoms with Crippen LogP contribution in [0.4, 0.5) is 4.79 Å². The Balaban J connectivity index is 1.97. The molecule has 21 heavy (non-hydrogen) atoms. The van der Waals surface area contributed by atoms with Crippen LogP contribution in [0.2, 0.25) is 0 Å². The molecule has 2 N–H and O–H groups in total. The number of carbonyl (C=O) groups excluding carboxylic acids is 3. The number of hydrogen-bond acceptors (Lipinski definition) is 5. The topological polar surface area (TPSA) is 87.7 Å². The van der Waals surface area contributed by atoms with Crippen molar-refractivity contribution < 1.29 is 19.1 Å². The average Bonchev–Trinajstić information content (AvgIpc) is 2.47. The molecule has 0 aromatic rings. The van der Waals surface area contributed by atoms with Crippen LogP contribution in [0.15, 0.2) is 0 Å². The Hall–Kier alpha value is -1.91. The van der Waals surface area contributed by atoms with E-state index in [1.54, 1.807) is 6.92 Å². The smallest absolute Gasteiger partial charge is 0.328 e. The van der Waals surface area contributed by atoms with Gasteiger partial charge in [0.2, 0.25) is 11.8 Å². The molecule has 0 aliphatic carbocycles. The van der Waals surface area contributed by atoms with E-state index >= 15 is 0 Å². The summed E-state index contributed by atoms with van der Waals surface area (Å²) in [6, 6.07) is -0.768. The van der Waals surface area contributed by atoms with Crippen molar-refractivity contribution >= 4 is 17.8 Å². The van der Waals surface area contributed by atoms with Gasteiger partial charge in [0, 0.05) is 19.5 Å². The van der Waals surface area contributed by atoms with Crippen LogP contribution in [0.1, 0.15) is 19.8 Å². The van der Waals surface area contributed by atoms with Gasteiger partial charge in [-0.2, -0.15) is 0 Å². The minimum atomic E-state index is -1.27. The molecule has 0 aromatic heterocycles. The summed E-state index contributed by atoms with van der Waals surface area (Å²) in [5.74, 6) is 4.75. The number of nitrogens with zero attached hydrogens (tertiary/aromatic N) is 1. The molecule has 0 aromatic carbocycles. The van der Waals surface area contributed by atoms with Crippen molar-refractivity contribution in [2.24, 2.45) is 5.41 Å². The fourth-order valence-electron chi connectivity index (χ4n) is 2.33. The molecule has 0 saturated carbocycles. The van der Waals surface area contributed by atoms with Gasteiger partial charge in [0.1, 0.15) is 5.41 Å². The number of imide groups is 2. The summed E-state index contributed by atoms with van der Waals surface area (Å²) in [4.78, 5) is 37.2. The molecular weight excluding hydrogens is 274 g/mol. The highest BCUT2D eigenvalue weighted by molar-refractivity contribution is 6.19. The number of barbiturate groups is 1. The molecule has 7 heteroatoms. The molecule has 0 spiro atoms. The molecule has 7 nitrogen and oxygen atoms in total. The molecule has 0 unspecified atom stereocenters. The molecule has 0 bridgehead atoms. The van der Waals surface area contributed by atoms with Gasteiger partial charge in [-0.15, -0.1) is 5.92 Å². The lowest BCUT2D eigenvalue weighted by Gasteiger charge is -2.31. The van der Waals surface area contributed by atoms with Crippen molar-refractivity contribution in [1.29, 1.82) is 0 Å². The third-order valence-corrected chi connectivity index (χ3v) is 3.85. The number of morpholine rings is 1. The van der Waals surface area contributed by atoms with Crippen molar-refractivity contribution in [1.82, 2.24) is 15.5 Å². The van der Waals surface area contributed by atoms with Crippen LogP contribution in [0, 0.1) is 17.3 Å². The standard InChI is InChI=1S/C14H19N3O4/c1-2-14(11(18)15-13(20)16-12(14)19)5-3-4-6-17-7-9-21-10-8-17/h2,5-10H2,1H3,(H2,15,16,18,19,20). The van der Waals surface area contributed by atoms with E-state index in [2.05, 4.69) is 27.4 Å². The van der Waals surface area contributed by atoms with E-state index in [9.17, 15) is 14.4 Å². The zero-order valence-corrected chi connectivity index (χ0v) is 12.0. The highest BCUT2D eigenvalue weighted by Crippen LogP contribution is 2.28. The summed E-state index contributed by atoms with van der Waals surface area (Å²) < 4.78 is 5.25. The predicted octanol–water partition coefficient (Wildman–Crippen LogP) is -0.525. The monoisotopic (exact) mass is 293 g/mol. The van der Waals surface area contributed by atoms with Crippen LogP contribution in [-0.2, 0) is 14.3 Å². The lowest BCUT2D eigenvalue weighted by molar-refractivity contribution is -0.144. The number of amides is 4. The summed E-state index contributed by atoms with van der Waals surface area (Å²) in [5, 5.41) is 4.27. The van der Waals surface area contributed by atoms with Gasteiger partial charge in [-0.3, -0.25) is 25.1 Å². The van der Waals surface area contributed by atoms with Crippen molar-refractivity contribution in [3.05, 3.63) is 0 Å². The van der Waals surface area contributed by atoms with Gasteiger partial charge >= 0.3 is 6.03 Å². The van der Waals surface area contributed by atoms with E-state index < -0.39 is 23.3 Å². The van der Waals surface area contributed by atoms with Crippen molar-refractivity contribution in [2.45, 2.75) is 19.8 Å². The lowest BCUT2D eigenvalue weighted by Crippen LogP contribution is -2.62. The van der Waals surface area contributed by atoms with Gasteiger partial charge in [0.15, 0.2) is 0 Å². The van der Waals surface area contributed by atoms with E-state index in [-0.39, 0.29) is 6.42 Å². The summed E-state index contributed by atoms with van der Waals surface area (Å²) in [5.41, 5.74) is -1.27. The van der Waals surface area contributed by atoms with Crippen LogP contribution in [-0.4, -0.2) is 55.6 Å². The number of nitrogens with one attached hydrogen (secondary N) is 2. The Bertz CT molecular complexity index is 480. The van der Waals surface area contributed by atoms with Crippen LogP contribution in [0.5, 0.6) is 0 Å². The van der Waals surface area contributed by atoms with Crippen LogP contribution in [0.25, 0.3) is 0 Å². The maximum atomic E-state index is 12.0. The van der Waals surface area contributed by atoms with Gasteiger partial charge in [-0.05, 0) is 6.42 Å². The molecule has 2 rings (SSSR count). The zero-order chi connectivity index (χ0) is 15.3. The zero-order valence-electron chi connectivity index (χ0n) is 12.0. The number of carbonyl (C=O) groups is 3. The Morgan fingerprint density at radius 2 is 1.76 bits per heavy atom. The molecule has 114 valence electrons. The number of ether oxygens (including phenoxy) is 1. The molecule has 2 aliphatic heterocycles. The summed E-state index contributed by atoms with van der Waals surface area (Å²) >= 11 is 0. The third kappa shape index (κ3) is 3.40. The Morgan fingerprint density at radius 3 is 2.33 bits per heavy atom. The fraction of sp³-hybridized carbons (Fsp3) is 0.643. The Morgan fingerprint density at radius 1 is 1.14 bits per heavy atom. The minimum absolute atomic E-state index is 0.110. The molecule has 0 radical (unpaired) electrons. The second-order valence-electron chi connectivity index (χ2n) is 5.09. The van der Waals surface area contributed by atoms with Gasteiger partial charge in [-0.25, -0.2) is 4.79 Å². The summed E-state index contributed by atoms with van der Waals surface area (Å²) in [7, 11) is 0. The van der Waals surface area contributed by atoms with E-state index in [4.69, 9.17) is 4.74 Å². The minimum Gasteiger partial charge on any atom is -0.379 e. The second-order valence-corrected chi connectivity index (χ2v) is 5.09. The van der Waals surface area contributed by atoms with Crippen LogP contribution < -0.4 is 10.6 Å².